The van der Waals surface area contributed by atoms with E-state index in [-0.39, 0.29) is 11.0 Å². The fourth-order valence-electron chi connectivity index (χ4n) is 1.06. The Labute approximate surface area is 80.4 Å². The van der Waals surface area contributed by atoms with Gasteiger partial charge in [-0.3, -0.25) is 0 Å². The van der Waals surface area contributed by atoms with Crippen LogP contribution < -0.4 is 5.46 Å². The van der Waals surface area contributed by atoms with E-state index in [4.69, 9.17) is 7.85 Å². The maximum Gasteiger partial charge on any atom is -0.870 e. The van der Waals surface area contributed by atoms with Gasteiger partial charge in [0, 0.05) is 0 Å². The van der Waals surface area contributed by atoms with Crippen molar-refractivity contribution in [2.75, 3.05) is 14.1 Å². The average molecular weight is 179 g/mol. The van der Waals surface area contributed by atoms with Crippen LogP contribution in [0.3, 0.4) is 0 Å². The van der Waals surface area contributed by atoms with E-state index in [1.165, 1.54) is 5.56 Å². The van der Waals surface area contributed by atoms with Crippen molar-refractivity contribution in [1.29, 1.82) is 0 Å². The van der Waals surface area contributed by atoms with Gasteiger partial charge in [-0.15, -0.1) is 0 Å². The second kappa shape index (κ2) is 6.66. The van der Waals surface area contributed by atoms with Gasteiger partial charge in [0.1, 0.15) is 0 Å². The Morgan fingerprint density at radius 2 is 1.85 bits per heavy atom. The van der Waals surface area contributed by atoms with Crippen molar-refractivity contribution in [1.82, 2.24) is 4.90 Å². The third-order valence-electron chi connectivity index (χ3n) is 1.45. The summed E-state index contributed by atoms with van der Waals surface area (Å²) in [6.45, 7) is 0.949. The topological polar surface area (TPSA) is 63.2 Å². The van der Waals surface area contributed by atoms with Crippen LogP contribution in [0.15, 0.2) is 24.3 Å². The molecule has 0 amide bonds. The first-order valence-corrected chi connectivity index (χ1v) is 3.67. The minimum atomic E-state index is 0. The summed E-state index contributed by atoms with van der Waals surface area (Å²) in [4.78, 5) is 2.12. The van der Waals surface area contributed by atoms with Crippen molar-refractivity contribution >= 4 is 13.3 Å². The van der Waals surface area contributed by atoms with Crippen molar-refractivity contribution < 1.29 is 11.0 Å². The Kier molecular flexibility index (Phi) is 7.51. The van der Waals surface area contributed by atoms with Gasteiger partial charge >= 0.3 is 68.7 Å². The largest absolute Gasteiger partial charge is 0.870 e. The molecule has 0 saturated heterocycles. The standard InChI is InChI=1S/C9H12BN.2H2O/c1-11(2)7-8-4-3-5-9(10)6-8;;/h3-6H,7H2,1-2H3;2*1H2/q+2;;/p-2. The molecule has 13 heavy (non-hydrogen) atoms. The first-order valence-electron chi connectivity index (χ1n) is 3.67. The zero-order valence-electron chi connectivity index (χ0n) is 7.94. The monoisotopic (exact) mass is 179 g/mol. The second-order valence-electron chi connectivity index (χ2n) is 2.98. The number of hydrogen-bond acceptors (Lipinski definition) is 3. The zero-order chi connectivity index (χ0) is 8.27. The molecule has 0 saturated carbocycles. The van der Waals surface area contributed by atoms with Crippen molar-refractivity contribution in [2.24, 2.45) is 0 Å². The van der Waals surface area contributed by atoms with Crippen LogP contribution in [0.1, 0.15) is 5.56 Å². The van der Waals surface area contributed by atoms with Gasteiger partial charge in [0.15, 0.2) is 0 Å². The summed E-state index contributed by atoms with van der Waals surface area (Å²) in [5.41, 5.74) is 2.10. The summed E-state index contributed by atoms with van der Waals surface area (Å²) < 4.78 is 0. The molecule has 4 heteroatoms. The van der Waals surface area contributed by atoms with Crippen molar-refractivity contribution in [3.63, 3.8) is 0 Å². The number of hydrogen-bond donors (Lipinski definition) is 0. The summed E-state index contributed by atoms with van der Waals surface area (Å²) in [5, 5.41) is 0. The Morgan fingerprint density at radius 1 is 1.23 bits per heavy atom. The molecule has 3 nitrogen and oxygen atoms in total. The first kappa shape index (κ1) is 14.7. The van der Waals surface area contributed by atoms with Crippen LogP contribution in [0.25, 0.3) is 0 Å². The number of benzene rings is 1. The third-order valence-corrected chi connectivity index (χ3v) is 1.45. The molecule has 0 radical (unpaired) electrons. The van der Waals surface area contributed by atoms with Crippen LogP contribution in [-0.4, -0.2) is 37.8 Å². The average Bonchev–Trinajstić information content (AvgIpc) is 1.85. The molecule has 0 aromatic heterocycles. The van der Waals surface area contributed by atoms with E-state index < -0.39 is 0 Å². The SMILES string of the molecule is [B+2]c1cccc(CN(C)C)c1.[OH-].[OH-]. The van der Waals surface area contributed by atoms with Gasteiger partial charge in [-0.1, -0.05) is 0 Å². The van der Waals surface area contributed by atoms with E-state index in [2.05, 4.69) is 11.0 Å². The Morgan fingerprint density at radius 3 is 2.31 bits per heavy atom. The molecule has 70 valence electrons. The van der Waals surface area contributed by atoms with Gasteiger partial charge < -0.3 is 11.0 Å². The van der Waals surface area contributed by atoms with Gasteiger partial charge in [0.25, 0.3) is 0 Å². The van der Waals surface area contributed by atoms with Crippen LogP contribution in [-0.2, 0) is 6.54 Å². The first-order chi connectivity index (χ1) is 5.18. The van der Waals surface area contributed by atoms with Crippen LogP contribution in [0.5, 0.6) is 0 Å². The molecule has 0 fully saturated rings. The van der Waals surface area contributed by atoms with E-state index in [0.717, 1.165) is 12.0 Å². The Balaban J connectivity index is 0. The van der Waals surface area contributed by atoms with Gasteiger partial charge in [-0.2, -0.15) is 0 Å². The number of rotatable bonds is 2. The summed E-state index contributed by atoms with van der Waals surface area (Å²) in [7, 11) is 9.71. The summed E-state index contributed by atoms with van der Waals surface area (Å²) in [5.74, 6) is 0. The zero-order valence-corrected chi connectivity index (χ0v) is 7.94. The fourth-order valence-corrected chi connectivity index (χ4v) is 1.06. The molecule has 0 spiro atoms. The Hall–Kier alpha value is -0.835. The van der Waals surface area contributed by atoms with Crippen LogP contribution in [0.2, 0.25) is 0 Å². The molecular formula is C9H14BNO2. The molecule has 0 unspecified atom stereocenters. The van der Waals surface area contributed by atoms with Crippen LogP contribution in [0, 0.1) is 0 Å². The molecule has 0 aliphatic carbocycles. The van der Waals surface area contributed by atoms with Crippen molar-refractivity contribution in [3.05, 3.63) is 29.8 Å². The molecule has 0 aliphatic heterocycles. The molecule has 1 aromatic carbocycles. The van der Waals surface area contributed by atoms with Gasteiger partial charge in [-0.05, 0) is 0 Å². The van der Waals surface area contributed by atoms with E-state index in [0.29, 0.717) is 0 Å². The Bertz CT molecular complexity index is 241. The smallest absolute Gasteiger partial charge is 0.870 e. The van der Waals surface area contributed by atoms with Gasteiger partial charge in [0.05, 0.1) is 0 Å². The number of nitrogens with zero attached hydrogens (tertiary/aromatic N) is 1. The normalized spacial score (nSPS) is 9.00. The molecular weight excluding hydrogens is 165 g/mol. The fraction of sp³-hybridized carbons (Fsp3) is 0.333. The summed E-state index contributed by atoms with van der Waals surface area (Å²) in [6, 6.07) is 7.96. The molecule has 0 atom stereocenters. The predicted octanol–water partition coefficient (Wildman–Crippen LogP) is 0.188. The molecule has 0 aliphatic rings. The predicted molar refractivity (Wildman–Crippen MR) is 53.1 cm³/mol. The third kappa shape index (κ3) is 5.41. The molecule has 1 rings (SSSR count). The van der Waals surface area contributed by atoms with E-state index >= 15 is 0 Å². The maximum absolute atomic E-state index is 5.62. The summed E-state index contributed by atoms with van der Waals surface area (Å²) >= 11 is 0. The van der Waals surface area contributed by atoms with Crippen LogP contribution >= 0.6 is 0 Å². The van der Waals surface area contributed by atoms with Crippen molar-refractivity contribution in [2.45, 2.75) is 6.54 Å². The van der Waals surface area contributed by atoms with Gasteiger partial charge in [0.2, 0.25) is 0 Å². The van der Waals surface area contributed by atoms with E-state index in [9.17, 15) is 0 Å². The quantitative estimate of drug-likeness (QED) is 0.608. The molecule has 0 heterocycles. The minimum absolute atomic E-state index is 0. The molecule has 2 N–H and O–H groups in total. The molecule has 0 bridgehead atoms. The molecule has 1 aromatic rings. The van der Waals surface area contributed by atoms with Crippen molar-refractivity contribution in [3.8, 4) is 0 Å². The van der Waals surface area contributed by atoms with E-state index in [1.807, 2.05) is 32.3 Å². The maximum atomic E-state index is 5.62. The second-order valence-corrected chi connectivity index (χ2v) is 2.98. The van der Waals surface area contributed by atoms with E-state index in [1.54, 1.807) is 0 Å². The summed E-state index contributed by atoms with van der Waals surface area (Å²) in [6.07, 6.45) is 0. The minimum Gasteiger partial charge on any atom is -0.870 e. The van der Waals surface area contributed by atoms with Crippen LogP contribution in [0.4, 0.5) is 0 Å². The van der Waals surface area contributed by atoms with Gasteiger partial charge in [-0.25, -0.2) is 0 Å².